The first-order chi connectivity index (χ1) is 9.24. The van der Waals surface area contributed by atoms with Crippen LogP contribution >= 0.6 is 12.2 Å². The third-order valence-electron chi connectivity index (χ3n) is 2.85. The zero-order valence-electron chi connectivity index (χ0n) is 10.9. The highest BCUT2D eigenvalue weighted by Gasteiger charge is 2.05. The van der Waals surface area contributed by atoms with Crippen LogP contribution < -0.4 is 4.74 Å². The molecule has 0 saturated heterocycles. The molecule has 0 atom stereocenters. The van der Waals surface area contributed by atoms with E-state index in [1.54, 1.807) is 6.08 Å². The Bertz CT molecular complexity index is 598. The van der Waals surface area contributed by atoms with Crippen molar-refractivity contribution in [2.75, 3.05) is 0 Å². The Labute approximate surface area is 117 Å². The SMILES string of the molecule is C=CCn1c(COc2ccc(CC)cc2)n[nH]c1=S. The van der Waals surface area contributed by atoms with Gasteiger partial charge in [0, 0.05) is 6.54 Å². The van der Waals surface area contributed by atoms with Crippen molar-refractivity contribution in [1.82, 2.24) is 14.8 Å². The number of aromatic nitrogens is 3. The summed E-state index contributed by atoms with van der Waals surface area (Å²) in [6.07, 6.45) is 2.81. The van der Waals surface area contributed by atoms with E-state index in [4.69, 9.17) is 17.0 Å². The zero-order chi connectivity index (χ0) is 13.7. The highest BCUT2D eigenvalue weighted by molar-refractivity contribution is 7.71. The molecule has 2 rings (SSSR count). The Morgan fingerprint density at radius 3 is 2.79 bits per heavy atom. The van der Waals surface area contributed by atoms with Gasteiger partial charge in [-0.05, 0) is 36.3 Å². The number of hydrogen-bond acceptors (Lipinski definition) is 3. The summed E-state index contributed by atoms with van der Waals surface area (Å²) in [5.41, 5.74) is 1.29. The molecule has 0 amide bonds. The van der Waals surface area contributed by atoms with Crippen molar-refractivity contribution >= 4 is 12.2 Å². The van der Waals surface area contributed by atoms with Crippen LogP contribution in [0.4, 0.5) is 0 Å². The quantitative estimate of drug-likeness (QED) is 0.650. The number of ether oxygens (including phenoxy) is 1. The number of allylic oxidation sites excluding steroid dienone is 1. The molecule has 19 heavy (non-hydrogen) atoms. The molecule has 0 aliphatic rings. The lowest BCUT2D eigenvalue weighted by Gasteiger charge is -2.07. The third kappa shape index (κ3) is 3.32. The van der Waals surface area contributed by atoms with Crippen LogP contribution in [-0.2, 0) is 19.6 Å². The summed E-state index contributed by atoms with van der Waals surface area (Å²) in [4.78, 5) is 0. The maximum absolute atomic E-state index is 5.71. The lowest BCUT2D eigenvalue weighted by molar-refractivity contribution is 0.290. The minimum absolute atomic E-state index is 0.381. The van der Waals surface area contributed by atoms with Gasteiger partial charge >= 0.3 is 0 Å². The van der Waals surface area contributed by atoms with Crippen molar-refractivity contribution in [2.24, 2.45) is 0 Å². The molecule has 0 radical (unpaired) electrons. The van der Waals surface area contributed by atoms with Crippen LogP contribution in [0.15, 0.2) is 36.9 Å². The fourth-order valence-electron chi connectivity index (χ4n) is 1.75. The van der Waals surface area contributed by atoms with E-state index in [-0.39, 0.29) is 0 Å². The van der Waals surface area contributed by atoms with Gasteiger partial charge in [0.15, 0.2) is 10.6 Å². The van der Waals surface area contributed by atoms with Crippen molar-refractivity contribution in [1.29, 1.82) is 0 Å². The number of nitrogens with zero attached hydrogens (tertiary/aromatic N) is 2. The van der Waals surface area contributed by atoms with E-state index in [0.29, 0.717) is 17.9 Å². The third-order valence-corrected chi connectivity index (χ3v) is 3.16. The van der Waals surface area contributed by atoms with E-state index >= 15 is 0 Å². The standard InChI is InChI=1S/C14H17N3OS/c1-3-9-17-13(15-16-14(17)19)10-18-12-7-5-11(4-2)6-8-12/h3,5-8H,1,4,9-10H2,2H3,(H,16,19). The van der Waals surface area contributed by atoms with E-state index in [9.17, 15) is 0 Å². The van der Waals surface area contributed by atoms with Crippen LogP contribution in [-0.4, -0.2) is 14.8 Å². The summed E-state index contributed by atoms with van der Waals surface area (Å²) in [7, 11) is 0. The predicted molar refractivity (Wildman–Crippen MR) is 77.8 cm³/mol. The fourth-order valence-corrected chi connectivity index (χ4v) is 1.97. The summed E-state index contributed by atoms with van der Waals surface area (Å²) in [6, 6.07) is 8.07. The van der Waals surface area contributed by atoms with Gasteiger partial charge in [0.25, 0.3) is 0 Å². The first-order valence-corrected chi connectivity index (χ1v) is 6.62. The second kappa shape index (κ2) is 6.33. The van der Waals surface area contributed by atoms with Crippen LogP contribution in [0.2, 0.25) is 0 Å². The lowest BCUT2D eigenvalue weighted by Crippen LogP contribution is -2.06. The Morgan fingerprint density at radius 2 is 2.16 bits per heavy atom. The minimum atomic E-state index is 0.381. The summed E-state index contributed by atoms with van der Waals surface area (Å²) in [5.74, 6) is 1.60. The number of benzene rings is 1. The van der Waals surface area contributed by atoms with Gasteiger partial charge in [-0.25, -0.2) is 0 Å². The summed E-state index contributed by atoms with van der Waals surface area (Å²) in [5, 5.41) is 6.92. The van der Waals surface area contributed by atoms with Gasteiger partial charge in [-0.3, -0.25) is 9.67 Å². The first-order valence-electron chi connectivity index (χ1n) is 6.21. The molecule has 0 saturated carbocycles. The van der Waals surface area contributed by atoms with Gasteiger partial charge in [0.2, 0.25) is 0 Å². The maximum atomic E-state index is 5.71. The van der Waals surface area contributed by atoms with Crippen molar-refractivity contribution in [2.45, 2.75) is 26.5 Å². The maximum Gasteiger partial charge on any atom is 0.195 e. The Morgan fingerprint density at radius 1 is 1.42 bits per heavy atom. The topological polar surface area (TPSA) is 42.8 Å². The largest absolute Gasteiger partial charge is 0.486 e. The van der Waals surface area contributed by atoms with Crippen LogP contribution in [0.3, 0.4) is 0 Å². The highest BCUT2D eigenvalue weighted by atomic mass is 32.1. The van der Waals surface area contributed by atoms with Gasteiger partial charge < -0.3 is 4.74 Å². The molecular formula is C14H17N3OS. The monoisotopic (exact) mass is 275 g/mol. The average molecular weight is 275 g/mol. The van der Waals surface area contributed by atoms with Crippen molar-refractivity contribution in [3.8, 4) is 5.75 Å². The number of nitrogens with one attached hydrogen (secondary N) is 1. The van der Waals surface area contributed by atoms with E-state index in [1.165, 1.54) is 5.56 Å². The first kappa shape index (κ1) is 13.5. The molecule has 1 N–H and O–H groups in total. The van der Waals surface area contributed by atoms with Crippen molar-refractivity contribution in [3.63, 3.8) is 0 Å². The number of hydrogen-bond donors (Lipinski definition) is 1. The number of rotatable bonds is 6. The van der Waals surface area contributed by atoms with Gasteiger partial charge in [-0.2, -0.15) is 5.10 Å². The number of aromatic amines is 1. The van der Waals surface area contributed by atoms with Crippen LogP contribution in [0.5, 0.6) is 5.75 Å². The van der Waals surface area contributed by atoms with Gasteiger partial charge in [0.05, 0.1) is 0 Å². The average Bonchev–Trinajstić information content (AvgIpc) is 2.79. The van der Waals surface area contributed by atoms with Gasteiger partial charge in [-0.15, -0.1) is 6.58 Å². The predicted octanol–water partition coefficient (Wildman–Crippen LogP) is 3.27. The second-order valence-corrected chi connectivity index (χ2v) is 4.52. The molecule has 1 aromatic heterocycles. The molecular weight excluding hydrogens is 258 g/mol. The molecule has 0 unspecified atom stereocenters. The van der Waals surface area contributed by atoms with Crippen LogP contribution in [0.1, 0.15) is 18.3 Å². The van der Waals surface area contributed by atoms with Crippen LogP contribution in [0.25, 0.3) is 0 Å². The Hall–Kier alpha value is -1.88. The fraction of sp³-hybridized carbons (Fsp3) is 0.286. The van der Waals surface area contributed by atoms with E-state index < -0.39 is 0 Å². The zero-order valence-corrected chi connectivity index (χ0v) is 11.7. The summed E-state index contributed by atoms with van der Waals surface area (Å²) >= 11 is 5.14. The van der Waals surface area contributed by atoms with Gasteiger partial charge in [0.1, 0.15) is 12.4 Å². The molecule has 1 heterocycles. The van der Waals surface area contributed by atoms with Crippen LogP contribution in [0, 0.1) is 4.77 Å². The molecule has 100 valence electrons. The normalized spacial score (nSPS) is 10.4. The molecule has 0 aliphatic carbocycles. The molecule has 4 nitrogen and oxygen atoms in total. The van der Waals surface area contributed by atoms with E-state index in [2.05, 4.69) is 35.8 Å². The van der Waals surface area contributed by atoms with Crippen molar-refractivity contribution < 1.29 is 4.74 Å². The minimum Gasteiger partial charge on any atom is -0.486 e. The van der Waals surface area contributed by atoms with Crippen molar-refractivity contribution in [3.05, 3.63) is 53.1 Å². The van der Waals surface area contributed by atoms with E-state index in [0.717, 1.165) is 18.0 Å². The second-order valence-electron chi connectivity index (χ2n) is 4.13. The van der Waals surface area contributed by atoms with Gasteiger partial charge in [-0.1, -0.05) is 25.1 Å². The lowest BCUT2D eigenvalue weighted by atomic mass is 10.2. The molecule has 0 spiro atoms. The molecule has 0 fully saturated rings. The van der Waals surface area contributed by atoms with E-state index in [1.807, 2.05) is 16.7 Å². The summed E-state index contributed by atoms with van der Waals surface area (Å²) < 4.78 is 8.15. The molecule has 0 bridgehead atoms. The summed E-state index contributed by atoms with van der Waals surface area (Å²) in [6.45, 7) is 6.84. The Kier molecular flexibility index (Phi) is 4.52. The molecule has 5 heteroatoms. The highest BCUT2D eigenvalue weighted by Crippen LogP contribution is 2.14. The molecule has 0 aliphatic heterocycles. The number of aryl methyl sites for hydroxylation is 1. The molecule has 2 aromatic rings. The Balaban J connectivity index is 2.05. The molecule has 1 aromatic carbocycles. The number of H-pyrrole nitrogens is 1. The smallest absolute Gasteiger partial charge is 0.195 e.